The zero-order valence-corrected chi connectivity index (χ0v) is 15.0. The number of nitrogens with one attached hydrogen (secondary N) is 1. The average Bonchev–Trinajstić information content (AvgIpc) is 2.65. The molecule has 0 spiro atoms. The van der Waals surface area contributed by atoms with E-state index < -0.39 is 5.92 Å². The highest BCUT2D eigenvalue weighted by atomic mass is 35.5. The summed E-state index contributed by atoms with van der Waals surface area (Å²) in [5.41, 5.74) is 3.86. The number of carbonyl (C=O) groups excluding carboxylic acids is 1. The number of aryl methyl sites for hydroxylation is 1. The maximum atomic E-state index is 12.3. The van der Waals surface area contributed by atoms with Gasteiger partial charge in [0.15, 0.2) is 0 Å². The average molecular weight is 361 g/mol. The smallest absolute Gasteiger partial charge is 0.255 e. The summed E-state index contributed by atoms with van der Waals surface area (Å²) in [6.45, 7) is 1.97. The van der Waals surface area contributed by atoms with Crippen LogP contribution in [0.4, 0.5) is 5.69 Å². The first-order valence-electron chi connectivity index (χ1n) is 8.20. The lowest BCUT2D eigenvalue weighted by Gasteiger charge is -2.13. The quantitative estimate of drug-likeness (QED) is 0.662. The largest absolute Gasteiger partial charge is 0.322 e. The second kappa shape index (κ2) is 7.86. The monoisotopic (exact) mass is 360 g/mol. The zero-order valence-electron chi connectivity index (χ0n) is 14.2. The van der Waals surface area contributed by atoms with Crippen LogP contribution in [0, 0.1) is 18.3 Å². The number of hydrogen-bond donors (Lipinski definition) is 1. The van der Waals surface area contributed by atoms with Crippen molar-refractivity contribution in [2.45, 2.75) is 12.8 Å². The zero-order chi connectivity index (χ0) is 18.5. The normalized spacial score (nSPS) is 11.4. The summed E-state index contributed by atoms with van der Waals surface area (Å²) in [4.78, 5) is 12.3. The lowest BCUT2D eigenvalue weighted by atomic mass is 9.92. The van der Waals surface area contributed by atoms with Crippen LogP contribution in [0.2, 0.25) is 5.02 Å². The Morgan fingerprint density at radius 2 is 1.73 bits per heavy atom. The summed E-state index contributed by atoms with van der Waals surface area (Å²) in [7, 11) is 0. The summed E-state index contributed by atoms with van der Waals surface area (Å²) in [6, 6.07) is 24.4. The number of benzene rings is 3. The highest BCUT2D eigenvalue weighted by molar-refractivity contribution is 6.32. The Bertz CT molecular complexity index is 960. The van der Waals surface area contributed by atoms with Gasteiger partial charge in [-0.2, -0.15) is 5.26 Å². The van der Waals surface area contributed by atoms with Crippen LogP contribution in [0.1, 0.15) is 33.0 Å². The Hall–Kier alpha value is -3.09. The van der Waals surface area contributed by atoms with E-state index in [1.54, 1.807) is 30.3 Å². The van der Waals surface area contributed by atoms with Gasteiger partial charge in [0.05, 0.1) is 12.0 Å². The fourth-order valence-corrected chi connectivity index (χ4v) is 3.01. The first-order chi connectivity index (χ1) is 12.6. The van der Waals surface area contributed by atoms with Gasteiger partial charge in [0.25, 0.3) is 5.91 Å². The molecule has 0 aliphatic carbocycles. The van der Waals surface area contributed by atoms with Gasteiger partial charge >= 0.3 is 0 Å². The third-order valence-electron chi connectivity index (χ3n) is 4.15. The molecule has 0 aliphatic rings. The van der Waals surface area contributed by atoms with E-state index in [9.17, 15) is 10.1 Å². The van der Waals surface area contributed by atoms with Crippen molar-refractivity contribution in [2.24, 2.45) is 0 Å². The van der Waals surface area contributed by atoms with E-state index in [0.29, 0.717) is 21.8 Å². The van der Waals surface area contributed by atoms with Gasteiger partial charge in [-0.1, -0.05) is 65.7 Å². The Labute approximate surface area is 157 Å². The van der Waals surface area contributed by atoms with Crippen LogP contribution in [-0.4, -0.2) is 5.91 Å². The number of nitrogens with zero attached hydrogens (tertiary/aromatic N) is 1. The van der Waals surface area contributed by atoms with Crippen molar-refractivity contribution < 1.29 is 4.79 Å². The predicted molar refractivity (Wildman–Crippen MR) is 104 cm³/mol. The second-order valence-corrected chi connectivity index (χ2v) is 6.44. The van der Waals surface area contributed by atoms with E-state index in [2.05, 4.69) is 11.4 Å². The lowest BCUT2D eigenvalue weighted by molar-refractivity contribution is 0.102. The highest BCUT2D eigenvalue weighted by Crippen LogP contribution is 2.31. The van der Waals surface area contributed by atoms with Gasteiger partial charge < -0.3 is 5.32 Å². The number of amides is 1. The summed E-state index contributed by atoms with van der Waals surface area (Å²) >= 11 is 6.40. The van der Waals surface area contributed by atoms with Gasteiger partial charge in [-0.05, 0) is 42.3 Å². The van der Waals surface area contributed by atoms with Crippen molar-refractivity contribution in [1.29, 1.82) is 5.26 Å². The molecular weight excluding hydrogens is 344 g/mol. The summed E-state index contributed by atoms with van der Waals surface area (Å²) in [5, 5.41) is 12.8. The predicted octanol–water partition coefficient (Wildman–Crippen LogP) is 5.56. The fourth-order valence-electron chi connectivity index (χ4n) is 2.72. The second-order valence-electron chi connectivity index (χ2n) is 6.03. The standard InChI is InChI=1S/C22H17ClN2O/c1-15-7-9-17(10-8-15)22(26)25-18-11-12-19(21(23)13-18)20(14-24)16-5-3-2-4-6-16/h2-13,20H,1H3,(H,25,26). The number of carbonyl (C=O) groups is 1. The summed E-state index contributed by atoms with van der Waals surface area (Å²) in [5.74, 6) is -0.653. The van der Waals surface area contributed by atoms with Crippen molar-refractivity contribution in [2.75, 3.05) is 5.32 Å². The molecular formula is C22H17ClN2O. The minimum absolute atomic E-state index is 0.200. The molecule has 4 heteroatoms. The Kier molecular flexibility index (Phi) is 5.36. The van der Waals surface area contributed by atoms with Crippen LogP contribution in [0.5, 0.6) is 0 Å². The first-order valence-corrected chi connectivity index (χ1v) is 8.58. The van der Waals surface area contributed by atoms with Crippen LogP contribution in [0.3, 0.4) is 0 Å². The summed E-state index contributed by atoms with van der Waals surface area (Å²) < 4.78 is 0. The van der Waals surface area contributed by atoms with Crippen LogP contribution in [-0.2, 0) is 0 Å². The first kappa shape index (κ1) is 17.7. The third kappa shape index (κ3) is 3.93. The molecule has 26 heavy (non-hydrogen) atoms. The fraction of sp³-hybridized carbons (Fsp3) is 0.0909. The molecule has 1 N–H and O–H groups in total. The molecule has 128 valence electrons. The van der Waals surface area contributed by atoms with Crippen molar-refractivity contribution >= 4 is 23.2 Å². The van der Waals surface area contributed by atoms with Gasteiger partial charge in [-0.15, -0.1) is 0 Å². The molecule has 1 atom stereocenters. The number of anilines is 1. The van der Waals surface area contributed by atoms with E-state index >= 15 is 0 Å². The maximum Gasteiger partial charge on any atom is 0.255 e. The van der Waals surface area contributed by atoms with E-state index in [-0.39, 0.29) is 5.91 Å². The SMILES string of the molecule is Cc1ccc(C(=O)Nc2ccc(C(C#N)c3ccccc3)c(Cl)c2)cc1. The molecule has 3 nitrogen and oxygen atoms in total. The highest BCUT2D eigenvalue weighted by Gasteiger charge is 2.17. The number of hydrogen-bond acceptors (Lipinski definition) is 2. The van der Waals surface area contributed by atoms with Crippen molar-refractivity contribution in [1.82, 2.24) is 0 Å². The van der Waals surface area contributed by atoms with Gasteiger partial charge in [0.1, 0.15) is 0 Å². The number of halogens is 1. The minimum Gasteiger partial charge on any atom is -0.322 e. The molecule has 0 bridgehead atoms. The maximum absolute atomic E-state index is 12.3. The molecule has 3 aromatic carbocycles. The molecule has 0 aliphatic heterocycles. The molecule has 0 heterocycles. The molecule has 1 amide bonds. The van der Waals surface area contributed by atoms with Crippen LogP contribution >= 0.6 is 11.6 Å². The number of nitriles is 1. The molecule has 0 saturated heterocycles. The van der Waals surface area contributed by atoms with Crippen molar-refractivity contribution in [3.05, 3.63) is 100 Å². The molecule has 0 aromatic heterocycles. The topological polar surface area (TPSA) is 52.9 Å². The van der Waals surface area contributed by atoms with Crippen LogP contribution in [0.15, 0.2) is 72.8 Å². The van der Waals surface area contributed by atoms with E-state index in [0.717, 1.165) is 11.1 Å². The number of rotatable bonds is 4. The van der Waals surface area contributed by atoms with Gasteiger partial charge in [0, 0.05) is 16.3 Å². The Morgan fingerprint density at radius 3 is 2.35 bits per heavy atom. The minimum atomic E-state index is -0.453. The molecule has 3 aromatic rings. The Balaban J connectivity index is 1.82. The van der Waals surface area contributed by atoms with E-state index in [4.69, 9.17) is 11.6 Å². The molecule has 3 rings (SSSR count). The van der Waals surface area contributed by atoms with Crippen molar-refractivity contribution in [3.8, 4) is 6.07 Å². The third-order valence-corrected chi connectivity index (χ3v) is 4.47. The molecule has 0 radical (unpaired) electrons. The van der Waals surface area contributed by atoms with E-state index in [1.165, 1.54) is 0 Å². The summed E-state index contributed by atoms with van der Waals surface area (Å²) in [6.07, 6.45) is 0. The Morgan fingerprint density at radius 1 is 1.04 bits per heavy atom. The lowest BCUT2D eigenvalue weighted by Crippen LogP contribution is -2.12. The van der Waals surface area contributed by atoms with Crippen LogP contribution < -0.4 is 5.32 Å². The van der Waals surface area contributed by atoms with Gasteiger partial charge in [-0.3, -0.25) is 4.79 Å². The van der Waals surface area contributed by atoms with E-state index in [1.807, 2.05) is 49.4 Å². The molecule has 1 unspecified atom stereocenters. The molecule has 0 fully saturated rings. The molecule has 0 saturated carbocycles. The van der Waals surface area contributed by atoms with Gasteiger partial charge in [0.2, 0.25) is 0 Å². The van der Waals surface area contributed by atoms with Crippen LogP contribution in [0.25, 0.3) is 0 Å². The van der Waals surface area contributed by atoms with Gasteiger partial charge in [-0.25, -0.2) is 0 Å². The van der Waals surface area contributed by atoms with Crippen molar-refractivity contribution in [3.63, 3.8) is 0 Å².